The second-order valence-electron chi connectivity index (χ2n) is 4.59. The molecule has 0 fully saturated rings. The molecule has 0 radical (unpaired) electrons. The number of hydrogen-bond donors (Lipinski definition) is 4. The van der Waals surface area contributed by atoms with Crippen LogP contribution in [-0.4, -0.2) is 16.1 Å². The zero-order valence-corrected chi connectivity index (χ0v) is 10.8. The first-order valence-corrected chi connectivity index (χ1v) is 6.12. The molecule has 0 spiro atoms. The van der Waals surface area contributed by atoms with Gasteiger partial charge in [0.1, 0.15) is 17.1 Å². The Balaban J connectivity index is 2.26. The molecule has 2 aromatic carbocycles. The van der Waals surface area contributed by atoms with Crippen LogP contribution in [0.3, 0.4) is 0 Å². The van der Waals surface area contributed by atoms with Gasteiger partial charge in [0, 0.05) is 5.39 Å². The van der Waals surface area contributed by atoms with Gasteiger partial charge in [0.25, 0.3) is 5.91 Å². The van der Waals surface area contributed by atoms with Crippen molar-refractivity contribution in [3.05, 3.63) is 42.2 Å². The number of carbonyl (C=O) groups excluding carboxylic acids is 1. The van der Waals surface area contributed by atoms with Crippen molar-refractivity contribution in [3.8, 4) is 22.6 Å². The van der Waals surface area contributed by atoms with E-state index in [4.69, 9.17) is 15.9 Å². The molecule has 1 amide bonds. The maximum atomic E-state index is 11.2. The van der Waals surface area contributed by atoms with E-state index in [2.05, 4.69) is 0 Å². The quantitative estimate of drug-likeness (QED) is 0.574. The molecular weight excluding hydrogens is 272 g/mol. The van der Waals surface area contributed by atoms with Gasteiger partial charge in [-0.3, -0.25) is 4.79 Å². The number of hydrogen-bond acceptors (Lipinski definition) is 5. The van der Waals surface area contributed by atoms with Crippen LogP contribution < -0.4 is 11.5 Å². The van der Waals surface area contributed by atoms with Gasteiger partial charge in [0.05, 0.1) is 11.3 Å². The summed E-state index contributed by atoms with van der Waals surface area (Å²) in [4.78, 5) is 11.2. The van der Waals surface area contributed by atoms with Gasteiger partial charge >= 0.3 is 0 Å². The van der Waals surface area contributed by atoms with Crippen LogP contribution in [0.15, 0.2) is 40.8 Å². The summed E-state index contributed by atoms with van der Waals surface area (Å²) in [6.45, 7) is 0. The van der Waals surface area contributed by atoms with Gasteiger partial charge < -0.3 is 26.1 Å². The molecule has 6 N–H and O–H groups in total. The zero-order chi connectivity index (χ0) is 15.1. The van der Waals surface area contributed by atoms with Crippen molar-refractivity contribution in [2.45, 2.75) is 0 Å². The van der Waals surface area contributed by atoms with Crippen molar-refractivity contribution in [1.29, 1.82) is 0 Å². The lowest BCUT2D eigenvalue weighted by molar-refractivity contribution is 0.0977. The predicted octanol–water partition coefficient (Wildman–Crippen LogP) is 2.19. The number of rotatable bonds is 2. The summed E-state index contributed by atoms with van der Waals surface area (Å²) >= 11 is 0. The van der Waals surface area contributed by atoms with Crippen molar-refractivity contribution in [2.75, 3.05) is 5.73 Å². The number of amides is 1. The van der Waals surface area contributed by atoms with Crippen LogP contribution in [0.5, 0.6) is 11.5 Å². The van der Waals surface area contributed by atoms with Gasteiger partial charge in [-0.05, 0) is 29.8 Å². The number of aromatic hydroxyl groups is 2. The predicted molar refractivity (Wildman–Crippen MR) is 77.9 cm³/mol. The Hall–Kier alpha value is -3.15. The highest BCUT2D eigenvalue weighted by Gasteiger charge is 2.18. The molecule has 0 aliphatic rings. The highest BCUT2D eigenvalue weighted by atomic mass is 16.3. The van der Waals surface area contributed by atoms with Crippen LogP contribution >= 0.6 is 0 Å². The van der Waals surface area contributed by atoms with Crippen LogP contribution in [-0.2, 0) is 0 Å². The topological polar surface area (TPSA) is 123 Å². The number of anilines is 1. The molecule has 0 bridgehead atoms. The number of carbonyl (C=O) groups is 1. The maximum absolute atomic E-state index is 11.2. The molecule has 0 atom stereocenters. The van der Waals surface area contributed by atoms with Crippen molar-refractivity contribution < 1.29 is 19.4 Å². The van der Waals surface area contributed by atoms with E-state index in [1.807, 2.05) is 0 Å². The molecule has 6 heteroatoms. The lowest BCUT2D eigenvalue weighted by Gasteiger charge is -2.07. The molecule has 3 aromatic rings. The number of phenols is 2. The normalized spacial score (nSPS) is 10.9. The number of phenolic OH excluding ortho intramolecular Hbond substituents is 2. The summed E-state index contributed by atoms with van der Waals surface area (Å²) in [6, 6.07) is 9.32. The van der Waals surface area contributed by atoms with Gasteiger partial charge in [-0.25, -0.2) is 0 Å². The first kappa shape index (κ1) is 12.9. The molecule has 6 nitrogen and oxygen atoms in total. The molecule has 3 rings (SSSR count). The van der Waals surface area contributed by atoms with Crippen molar-refractivity contribution in [2.24, 2.45) is 5.73 Å². The van der Waals surface area contributed by atoms with E-state index in [1.165, 1.54) is 18.2 Å². The van der Waals surface area contributed by atoms with E-state index in [0.29, 0.717) is 16.5 Å². The third kappa shape index (κ3) is 1.93. The molecule has 0 aliphatic heterocycles. The second kappa shape index (κ2) is 4.45. The second-order valence-corrected chi connectivity index (χ2v) is 4.59. The first-order valence-electron chi connectivity index (χ1n) is 6.12. The Morgan fingerprint density at radius 1 is 1.10 bits per heavy atom. The molecule has 0 saturated carbocycles. The maximum Gasteiger partial charge on any atom is 0.286 e. The highest BCUT2D eigenvalue weighted by Crippen LogP contribution is 2.39. The highest BCUT2D eigenvalue weighted by molar-refractivity contribution is 6.05. The van der Waals surface area contributed by atoms with Gasteiger partial charge in [-0.15, -0.1) is 0 Å². The number of nitrogen functional groups attached to an aromatic ring is 1. The average molecular weight is 284 g/mol. The molecule has 21 heavy (non-hydrogen) atoms. The third-order valence-corrected chi connectivity index (χ3v) is 3.26. The molecule has 0 saturated heterocycles. The Bertz CT molecular complexity index is 847. The lowest BCUT2D eigenvalue weighted by Crippen LogP contribution is -2.11. The fourth-order valence-electron chi connectivity index (χ4n) is 2.28. The molecule has 1 aromatic heterocycles. The van der Waals surface area contributed by atoms with E-state index in [0.717, 1.165) is 0 Å². The van der Waals surface area contributed by atoms with Crippen LogP contribution in [0.1, 0.15) is 10.6 Å². The molecule has 0 unspecified atom stereocenters. The van der Waals surface area contributed by atoms with Crippen LogP contribution in [0, 0.1) is 0 Å². The fraction of sp³-hybridized carbons (Fsp3) is 0. The molecule has 1 heterocycles. The minimum Gasteiger partial charge on any atom is -0.507 e. The fourth-order valence-corrected chi connectivity index (χ4v) is 2.28. The largest absolute Gasteiger partial charge is 0.507 e. The summed E-state index contributed by atoms with van der Waals surface area (Å²) < 4.78 is 5.29. The summed E-state index contributed by atoms with van der Waals surface area (Å²) in [7, 11) is 0. The van der Waals surface area contributed by atoms with Gasteiger partial charge in [-0.1, -0.05) is 12.1 Å². The Labute approximate surface area is 119 Å². The van der Waals surface area contributed by atoms with Gasteiger partial charge in [-0.2, -0.15) is 0 Å². The van der Waals surface area contributed by atoms with Gasteiger partial charge in [0.15, 0.2) is 0 Å². The van der Waals surface area contributed by atoms with E-state index in [9.17, 15) is 15.0 Å². The summed E-state index contributed by atoms with van der Waals surface area (Å²) in [5.41, 5.74) is 12.4. The SMILES string of the molecule is NC(=O)c1oc2ccc(-c3c(O)cccc3O)cc2c1N. The Morgan fingerprint density at radius 3 is 2.38 bits per heavy atom. The monoisotopic (exact) mass is 284 g/mol. The zero-order valence-electron chi connectivity index (χ0n) is 10.8. The first-order chi connectivity index (χ1) is 9.99. The number of nitrogens with two attached hydrogens (primary N) is 2. The van der Waals surface area contributed by atoms with E-state index in [1.54, 1.807) is 18.2 Å². The summed E-state index contributed by atoms with van der Waals surface area (Å²) in [6.07, 6.45) is 0. The minimum absolute atomic E-state index is 0.0634. The summed E-state index contributed by atoms with van der Waals surface area (Å²) in [5, 5.41) is 20.3. The minimum atomic E-state index is -0.754. The lowest BCUT2D eigenvalue weighted by atomic mass is 10.0. The standard InChI is InChI=1S/C15H12N2O4/c16-13-8-6-7(12-9(18)2-1-3-10(12)19)4-5-11(8)21-14(13)15(17)20/h1-6,18-19H,16H2,(H2,17,20). The van der Waals surface area contributed by atoms with Gasteiger partial charge in [0.2, 0.25) is 5.76 Å². The number of primary amides is 1. The molecular formula is C15H12N2O4. The van der Waals surface area contributed by atoms with Crippen molar-refractivity contribution in [1.82, 2.24) is 0 Å². The van der Waals surface area contributed by atoms with Crippen molar-refractivity contribution in [3.63, 3.8) is 0 Å². The third-order valence-electron chi connectivity index (χ3n) is 3.26. The van der Waals surface area contributed by atoms with Crippen LogP contribution in [0.25, 0.3) is 22.1 Å². The Kier molecular flexibility index (Phi) is 2.72. The van der Waals surface area contributed by atoms with Crippen molar-refractivity contribution >= 4 is 22.6 Å². The van der Waals surface area contributed by atoms with E-state index in [-0.39, 0.29) is 28.5 Å². The van der Waals surface area contributed by atoms with E-state index >= 15 is 0 Å². The number of benzene rings is 2. The van der Waals surface area contributed by atoms with Crippen LogP contribution in [0.4, 0.5) is 5.69 Å². The molecule has 0 aliphatic carbocycles. The average Bonchev–Trinajstić information content (AvgIpc) is 2.76. The Morgan fingerprint density at radius 2 is 1.76 bits per heavy atom. The molecule has 106 valence electrons. The van der Waals surface area contributed by atoms with E-state index < -0.39 is 5.91 Å². The van der Waals surface area contributed by atoms with Crippen LogP contribution in [0.2, 0.25) is 0 Å². The number of furan rings is 1. The smallest absolute Gasteiger partial charge is 0.286 e. The summed E-state index contributed by atoms with van der Waals surface area (Å²) in [5.74, 6) is -0.989. The number of fused-ring (bicyclic) bond motifs is 1.